The van der Waals surface area contributed by atoms with Gasteiger partial charge in [-0.3, -0.25) is 0 Å². The Hall–Kier alpha value is -0.940. The van der Waals surface area contributed by atoms with E-state index in [1.54, 1.807) is 19.2 Å². The molecular formula is C20H24BrCl2NO2. The topological polar surface area (TPSA) is 30.5 Å². The minimum absolute atomic E-state index is 0.271. The van der Waals surface area contributed by atoms with Crippen molar-refractivity contribution in [2.45, 2.75) is 33.4 Å². The molecule has 2 rings (SSSR count). The highest BCUT2D eigenvalue weighted by Gasteiger charge is 2.13. The normalized spacial score (nSPS) is 11.0. The molecule has 0 atom stereocenters. The molecule has 0 amide bonds. The molecule has 26 heavy (non-hydrogen) atoms. The molecule has 0 spiro atoms. The average Bonchev–Trinajstić information content (AvgIpc) is 2.59. The molecule has 0 saturated carbocycles. The van der Waals surface area contributed by atoms with Crippen LogP contribution in [-0.4, -0.2) is 13.7 Å². The van der Waals surface area contributed by atoms with Crippen molar-refractivity contribution >= 4 is 39.1 Å². The molecule has 0 aliphatic heterocycles. The largest absolute Gasteiger partial charge is 0.493 e. The summed E-state index contributed by atoms with van der Waals surface area (Å²) in [5, 5.41) is 4.63. The molecule has 0 aliphatic carbocycles. The van der Waals surface area contributed by atoms with Crippen LogP contribution in [0.1, 0.15) is 31.4 Å². The summed E-state index contributed by atoms with van der Waals surface area (Å²) >= 11 is 16.0. The van der Waals surface area contributed by atoms with Crippen molar-refractivity contribution in [3.05, 3.63) is 56.0 Å². The van der Waals surface area contributed by atoms with E-state index in [0.29, 0.717) is 27.5 Å². The van der Waals surface area contributed by atoms with Gasteiger partial charge in [-0.2, -0.15) is 0 Å². The maximum absolute atomic E-state index is 6.21. The molecule has 1 N–H and O–H groups in total. The number of nitrogens with one attached hydrogen (secondary N) is 1. The number of ether oxygens (including phenoxy) is 2. The van der Waals surface area contributed by atoms with Gasteiger partial charge in [0, 0.05) is 26.6 Å². The maximum Gasteiger partial charge on any atom is 0.162 e. The molecule has 0 aliphatic rings. The zero-order chi connectivity index (χ0) is 19.1. The predicted molar refractivity (Wildman–Crippen MR) is 113 cm³/mol. The third-order valence-electron chi connectivity index (χ3n) is 3.98. The van der Waals surface area contributed by atoms with Crippen LogP contribution in [0.3, 0.4) is 0 Å². The van der Waals surface area contributed by atoms with Crippen LogP contribution >= 0.6 is 39.1 Å². The first-order chi connectivity index (χ1) is 12.4. The van der Waals surface area contributed by atoms with E-state index < -0.39 is 0 Å². The smallest absolute Gasteiger partial charge is 0.162 e. The Morgan fingerprint density at radius 1 is 1.12 bits per heavy atom. The first-order valence-electron chi connectivity index (χ1n) is 8.55. The zero-order valence-corrected chi connectivity index (χ0v) is 18.3. The summed E-state index contributed by atoms with van der Waals surface area (Å²) in [4.78, 5) is 0. The molecule has 0 bridgehead atoms. The number of hydrogen-bond acceptors (Lipinski definition) is 3. The van der Waals surface area contributed by atoms with Gasteiger partial charge in [0.1, 0.15) is 6.61 Å². The number of benzene rings is 2. The lowest BCUT2D eigenvalue weighted by Crippen LogP contribution is -2.16. The number of methoxy groups -OCH3 is 1. The van der Waals surface area contributed by atoms with E-state index in [2.05, 4.69) is 35.1 Å². The minimum Gasteiger partial charge on any atom is -0.493 e. The Balaban J connectivity index is 2.08. The van der Waals surface area contributed by atoms with Crippen LogP contribution in [0, 0.1) is 5.92 Å². The van der Waals surface area contributed by atoms with Crippen LogP contribution in [0.5, 0.6) is 11.5 Å². The molecule has 2 aromatic rings. The van der Waals surface area contributed by atoms with Gasteiger partial charge in [0.25, 0.3) is 0 Å². The van der Waals surface area contributed by atoms with E-state index in [-0.39, 0.29) is 6.61 Å². The quantitative estimate of drug-likeness (QED) is 0.434. The molecule has 0 saturated heterocycles. The summed E-state index contributed by atoms with van der Waals surface area (Å²) in [6, 6.07) is 9.31. The Labute approximate surface area is 174 Å². The van der Waals surface area contributed by atoms with E-state index in [9.17, 15) is 0 Å². The van der Waals surface area contributed by atoms with Crippen LogP contribution in [0.25, 0.3) is 0 Å². The molecular weight excluding hydrogens is 437 g/mol. The van der Waals surface area contributed by atoms with E-state index in [4.69, 9.17) is 32.7 Å². The summed E-state index contributed by atoms with van der Waals surface area (Å²) in [6.45, 7) is 6.46. The van der Waals surface area contributed by atoms with Gasteiger partial charge in [0.05, 0.1) is 7.11 Å². The fourth-order valence-corrected chi connectivity index (χ4v) is 3.39. The lowest BCUT2D eigenvalue weighted by atomic mass is 10.1. The van der Waals surface area contributed by atoms with Crippen molar-refractivity contribution in [3.8, 4) is 11.5 Å². The number of hydrogen-bond donors (Lipinski definition) is 1. The fraction of sp³-hybridized carbons (Fsp3) is 0.400. The third kappa shape index (κ3) is 6.05. The highest BCUT2D eigenvalue weighted by Crippen LogP contribution is 2.35. The molecule has 142 valence electrons. The lowest BCUT2D eigenvalue weighted by Gasteiger charge is -2.15. The van der Waals surface area contributed by atoms with Crippen molar-refractivity contribution in [2.75, 3.05) is 13.7 Å². The molecule has 0 heterocycles. The summed E-state index contributed by atoms with van der Waals surface area (Å²) in [5.41, 5.74) is 1.88. The van der Waals surface area contributed by atoms with Gasteiger partial charge in [0.15, 0.2) is 11.5 Å². The molecule has 0 fully saturated rings. The second-order valence-corrected chi connectivity index (χ2v) is 8.11. The van der Waals surface area contributed by atoms with E-state index in [1.807, 2.05) is 18.2 Å². The van der Waals surface area contributed by atoms with Crippen LogP contribution in [0.15, 0.2) is 34.8 Å². The Bertz CT molecular complexity index is 718. The number of rotatable bonds is 9. The monoisotopic (exact) mass is 459 g/mol. The maximum atomic E-state index is 6.21. The Morgan fingerprint density at radius 3 is 2.42 bits per heavy atom. The Kier molecular flexibility index (Phi) is 8.55. The first kappa shape index (κ1) is 21.4. The van der Waals surface area contributed by atoms with Gasteiger partial charge in [-0.1, -0.05) is 59.0 Å². The minimum atomic E-state index is 0.271. The van der Waals surface area contributed by atoms with Gasteiger partial charge >= 0.3 is 0 Å². The second kappa shape index (κ2) is 10.4. The second-order valence-electron chi connectivity index (χ2n) is 6.44. The summed E-state index contributed by atoms with van der Waals surface area (Å²) < 4.78 is 12.4. The fourth-order valence-electron chi connectivity index (χ4n) is 2.42. The van der Waals surface area contributed by atoms with Crippen molar-refractivity contribution in [1.29, 1.82) is 0 Å². The molecule has 6 heteroatoms. The SMILES string of the molecule is COc1cc(CNCCC(C)C)c(Br)cc1OCc1c(Cl)cccc1Cl. The highest BCUT2D eigenvalue weighted by atomic mass is 79.9. The van der Waals surface area contributed by atoms with E-state index in [1.165, 1.54) is 0 Å². The lowest BCUT2D eigenvalue weighted by molar-refractivity contribution is 0.284. The van der Waals surface area contributed by atoms with Crippen molar-refractivity contribution in [2.24, 2.45) is 5.92 Å². The van der Waals surface area contributed by atoms with Gasteiger partial charge in [0.2, 0.25) is 0 Å². The van der Waals surface area contributed by atoms with Crippen LogP contribution in [-0.2, 0) is 13.2 Å². The van der Waals surface area contributed by atoms with Gasteiger partial charge in [-0.15, -0.1) is 0 Å². The van der Waals surface area contributed by atoms with Crippen LogP contribution in [0.4, 0.5) is 0 Å². The summed E-state index contributed by atoms with van der Waals surface area (Å²) in [6.07, 6.45) is 1.15. The van der Waals surface area contributed by atoms with E-state index in [0.717, 1.165) is 35.1 Å². The molecule has 0 aromatic heterocycles. The number of halogens is 3. The molecule has 0 radical (unpaired) electrons. The average molecular weight is 461 g/mol. The standard InChI is InChI=1S/C20H24BrCl2NO2/c1-13(2)7-8-24-11-14-9-19(25-3)20(10-16(14)21)26-12-15-17(22)5-4-6-18(15)23/h4-6,9-10,13,24H,7-8,11-12H2,1-3H3. The zero-order valence-electron chi connectivity index (χ0n) is 15.2. The summed E-state index contributed by atoms with van der Waals surface area (Å²) in [5.74, 6) is 2.01. The molecule has 3 nitrogen and oxygen atoms in total. The summed E-state index contributed by atoms with van der Waals surface area (Å²) in [7, 11) is 1.63. The van der Waals surface area contributed by atoms with Crippen molar-refractivity contribution in [1.82, 2.24) is 5.32 Å². The van der Waals surface area contributed by atoms with Gasteiger partial charge in [-0.25, -0.2) is 0 Å². The van der Waals surface area contributed by atoms with Crippen LogP contribution < -0.4 is 14.8 Å². The van der Waals surface area contributed by atoms with Gasteiger partial charge < -0.3 is 14.8 Å². The van der Waals surface area contributed by atoms with Gasteiger partial charge in [-0.05, 0) is 48.7 Å². The predicted octanol–water partition coefficient (Wildman–Crippen LogP) is 6.48. The Morgan fingerprint density at radius 2 is 1.81 bits per heavy atom. The molecule has 0 unspecified atom stereocenters. The van der Waals surface area contributed by atoms with Crippen molar-refractivity contribution < 1.29 is 9.47 Å². The third-order valence-corrected chi connectivity index (χ3v) is 5.43. The highest BCUT2D eigenvalue weighted by molar-refractivity contribution is 9.10. The molecule has 2 aromatic carbocycles. The van der Waals surface area contributed by atoms with Crippen molar-refractivity contribution in [3.63, 3.8) is 0 Å². The first-order valence-corrected chi connectivity index (χ1v) is 10.1. The van der Waals surface area contributed by atoms with E-state index >= 15 is 0 Å². The van der Waals surface area contributed by atoms with Crippen LogP contribution in [0.2, 0.25) is 10.0 Å².